The molecule has 4 rings (SSSR count). The number of aliphatic hydroxyl groups excluding tert-OH is 1. The van der Waals surface area contributed by atoms with Gasteiger partial charge in [-0.25, -0.2) is 0 Å². The molecule has 40 heavy (non-hydrogen) atoms. The molecule has 2 aliphatic carbocycles. The van der Waals surface area contributed by atoms with Crippen LogP contribution in [0.5, 0.6) is 0 Å². The van der Waals surface area contributed by atoms with Gasteiger partial charge in [-0.2, -0.15) is 13.2 Å². The van der Waals surface area contributed by atoms with E-state index in [1.807, 2.05) is 32.9 Å². The Bertz CT molecular complexity index is 1270. The number of benzene rings is 1. The zero-order valence-corrected chi connectivity index (χ0v) is 24.7. The summed E-state index contributed by atoms with van der Waals surface area (Å²) in [5.74, 6) is 1.80. The summed E-state index contributed by atoms with van der Waals surface area (Å²) < 4.78 is 45.0. The number of aliphatic hydroxyl groups is 1. The molecule has 4 atom stereocenters. The minimum atomic E-state index is -4.31. The molecule has 1 aromatic carbocycles. The molecule has 2 aromatic rings. The van der Waals surface area contributed by atoms with Gasteiger partial charge in [-0.15, -0.1) is 5.10 Å². The fourth-order valence-electron chi connectivity index (χ4n) is 6.19. The van der Waals surface area contributed by atoms with E-state index < -0.39 is 12.7 Å². The molecule has 1 aromatic heterocycles. The average molecular weight is 561 g/mol. The van der Waals surface area contributed by atoms with E-state index in [1.165, 1.54) is 6.42 Å². The van der Waals surface area contributed by atoms with Crippen molar-refractivity contribution in [1.29, 1.82) is 0 Å². The molecule has 2 aliphatic rings. The van der Waals surface area contributed by atoms with Crippen LogP contribution in [0.15, 0.2) is 28.2 Å². The standard InChI is InChI=1S/C31H43F3N4O2/c1-8-17(2)25(28-37-38-29(40-28)35-15-20-12-27(39)23-10-9-22(20)23)11-18(3)24-13-21(36-16-31(32,33)34)14-26(19(24)4)30(5,6)7/h11,13-14,20,22-23,27,36,39H,8-10,12,15-16H2,1-7H3,(H,35,38). The third kappa shape index (κ3) is 6.73. The van der Waals surface area contributed by atoms with Gasteiger partial charge in [0.2, 0.25) is 5.89 Å². The Kier molecular flexibility index (Phi) is 8.74. The fraction of sp³-hybridized carbons (Fsp3) is 0.613. The van der Waals surface area contributed by atoms with Crippen molar-refractivity contribution >= 4 is 22.8 Å². The molecule has 0 saturated heterocycles. The highest BCUT2D eigenvalue weighted by Gasteiger charge is 2.47. The van der Waals surface area contributed by atoms with Gasteiger partial charge in [-0.05, 0) is 110 Å². The van der Waals surface area contributed by atoms with Gasteiger partial charge in [0.15, 0.2) is 0 Å². The van der Waals surface area contributed by atoms with Crippen molar-refractivity contribution in [1.82, 2.24) is 10.2 Å². The van der Waals surface area contributed by atoms with Crippen molar-refractivity contribution in [3.8, 4) is 0 Å². The van der Waals surface area contributed by atoms with E-state index in [0.29, 0.717) is 41.9 Å². The quantitative estimate of drug-likeness (QED) is 0.272. The Labute approximate surface area is 235 Å². The Morgan fingerprint density at radius 1 is 1.10 bits per heavy atom. The number of alkyl halides is 3. The monoisotopic (exact) mass is 560 g/mol. The molecular formula is C31H43F3N4O2. The highest BCUT2D eigenvalue weighted by molar-refractivity contribution is 5.84. The van der Waals surface area contributed by atoms with Crippen molar-refractivity contribution in [3.63, 3.8) is 0 Å². The van der Waals surface area contributed by atoms with Gasteiger partial charge in [0, 0.05) is 17.8 Å². The van der Waals surface area contributed by atoms with Crippen molar-refractivity contribution in [3.05, 3.63) is 46.4 Å². The van der Waals surface area contributed by atoms with Gasteiger partial charge < -0.3 is 20.2 Å². The van der Waals surface area contributed by atoms with Crippen LogP contribution in [0.2, 0.25) is 0 Å². The summed E-state index contributed by atoms with van der Waals surface area (Å²) in [5, 5.41) is 24.6. The highest BCUT2D eigenvalue weighted by atomic mass is 19.4. The van der Waals surface area contributed by atoms with E-state index in [-0.39, 0.29) is 11.5 Å². The Hall–Kier alpha value is -2.81. The maximum atomic E-state index is 13.0. The molecule has 6 nitrogen and oxygen atoms in total. The molecule has 1 heterocycles. The van der Waals surface area contributed by atoms with E-state index in [1.54, 1.807) is 6.07 Å². The number of rotatable bonds is 9. The molecule has 2 saturated carbocycles. The molecule has 4 unspecified atom stereocenters. The second-order valence-electron chi connectivity index (χ2n) is 12.6. The molecule has 3 N–H and O–H groups in total. The van der Waals surface area contributed by atoms with Crippen LogP contribution in [-0.4, -0.2) is 40.7 Å². The number of anilines is 2. The first kappa shape index (κ1) is 30.2. The fourth-order valence-corrected chi connectivity index (χ4v) is 6.19. The summed E-state index contributed by atoms with van der Waals surface area (Å²) in [4.78, 5) is 0. The van der Waals surface area contributed by atoms with Crippen LogP contribution >= 0.6 is 0 Å². The topological polar surface area (TPSA) is 83.2 Å². The predicted octanol–water partition coefficient (Wildman–Crippen LogP) is 7.76. The molecule has 2 fully saturated rings. The summed E-state index contributed by atoms with van der Waals surface area (Å²) in [6, 6.07) is 3.95. The van der Waals surface area contributed by atoms with E-state index in [0.717, 1.165) is 52.7 Å². The number of halogens is 3. The second kappa shape index (κ2) is 11.6. The highest BCUT2D eigenvalue weighted by Crippen LogP contribution is 2.50. The lowest BCUT2D eigenvalue weighted by molar-refractivity contribution is -0.115. The maximum Gasteiger partial charge on any atom is 0.405 e. The Morgan fingerprint density at radius 3 is 2.38 bits per heavy atom. The lowest BCUT2D eigenvalue weighted by Gasteiger charge is -2.35. The first-order chi connectivity index (χ1) is 18.7. The molecule has 0 radical (unpaired) electrons. The van der Waals surface area contributed by atoms with Crippen LogP contribution in [0, 0.1) is 24.7 Å². The van der Waals surface area contributed by atoms with Crippen molar-refractivity contribution in [2.45, 2.75) is 91.8 Å². The number of nitrogens with zero attached hydrogens (tertiary/aromatic N) is 2. The first-order valence-corrected chi connectivity index (χ1v) is 14.3. The number of fused-ring (bicyclic) bond motifs is 1. The first-order valence-electron chi connectivity index (χ1n) is 14.3. The van der Waals surface area contributed by atoms with Gasteiger partial charge in [-0.1, -0.05) is 38.4 Å². The maximum absolute atomic E-state index is 13.0. The largest absolute Gasteiger partial charge is 0.405 e. The normalized spacial score (nSPS) is 23.9. The summed E-state index contributed by atoms with van der Waals surface area (Å²) in [7, 11) is 0. The van der Waals surface area contributed by atoms with Crippen LogP contribution in [0.25, 0.3) is 11.1 Å². The average Bonchev–Trinajstić information content (AvgIpc) is 3.39. The molecular weight excluding hydrogens is 517 g/mol. The van der Waals surface area contributed by atoms with E-state index in [4.69, 9.17) is 4.42 Å². The van der Waals surface area contributed by atoms with Crippen LogP contribution in [0.4, 0.5) is 24.9 Å². The minimum Gasteiger partial charge on any atom is -0.403 e. The lowest BCUT2D eigenvalue weighted by Crippen LogP contribution is -2.31. The van der Waals surface area contributed by atoms with Crippen LogP contribution in [0.1, 0.15) is 89.8 Å². The number of hydrogen-bond acceptors (Lipinski definition) is 6. The SMILES string of the molecule is CCC(C)=C(C=C(C)c1cc(NCC(F)(F)F)cc(C(C)(C)C)c1C)c1nnc(NCC2CC(O)C3CCC23)o1. The summed E-state index contributed by atoms with van der Waals surface area (Å²) in [5.41, 5.74) is 5.81. The van der Waals surface area contributed by atoms with E-state index in [2.05, 4.69) is 48.5 Å². The Balaban J connectivity index is 1.61. The molecule has 0 spiro atoms. The number of hydrogen-bond donors (Lipinski definition) is 3. The van der Waals surface area contributed by atoms with E-state index in [9.17, 15) is 18.3 Å². The number of nitrogens with one attached hydrogen (secondary N) is 2. The van der Waals surface area contributed by atoms with Gasteiger partial charge >= 0.3 is 12.2 Å². The van der Waals surface area contributed by atoms with Gasteiger partial charge in [0.25, 0.3) is 0 Å². The lowest BCUT2D eigenvalue weighted by atomic mass is 9.72. The van der Waals surface area contributed by atoms with Gasteiger partial charge in [0.1, 0.15) is 6.54 Å². The summed E-state index contributed by atoms with van der Waals surface area (Å²) >= 11 is 0. The zero-order valence-electron chi connectivity index (χ0n) is 24.7. The van der Waals surface area contributed by atoms with Gasteiger partial charge in [0.05, 0.1) is 6.10 Å². The van der Waals surface area contributed by atoms with Gasteiger partial charge in [-0.3, -0.25) is 0 Å². The number of allylic oxidation sites excluding steroid dienone is 4. The number of aromatic nitrogens is 2. The third-order valence-electron chi connectivity index (χ3n) is 8.68. The zero-order chi connectivity index (χ0) is 29.4. The predicted molar refractivity (Wildman–Crippen MR) is 154 cm³/mol. The second-order valence-corrected chi connectivity index (χ2v) is 12.6. The van der Waals surface area contributed by atoms with Crippen LogP contribution < -0.4 is 10.6 Å². The molecule has 0 aliphatic heterocycles. The van der Waals surface area contributed by atoms with Crippen molar-refractivity contribution in [2.24, 2.45) is 17.8 Å². The third-order valence-corrected chi connectivity index (χ3v) is 8.68. The van der Waals surface area contributed by atoms with E-state index >= 15 is 0 Å². The molecule has 9 heteroatoms. The molecule has 220 valence electrons. The van der Waals surface area contributed by atoms with Crippen LogP contribution in [0.3, 0.4) is 0 Å². The summed E-state index contributed by atoms with van der Waals surface area (Å²) in [6.07, 6.45) is 1.32. The van der Waals surface area contributed by atoms with Crippen molar-refractivity contribution in [2.75, 3.05) is 23.7 Å². The Morgan fingerprint density at radius 2 is 1.80 bits per heavy atom. The smallest absolute Gasteiger partial charge is 0.403 e. The molecule has 0 bridgehead atoms. The summed E-state index contributed by atoms with van der Waals surface area (Å²) in [6.45, 7) is 13.8. The minimum absolute atomic E-state index is 0.205. The molecule has 0 amide bonds. The van der Waals surface area contributed by atoms with Crippen molar-refractivity contribution < 1.29 is 22.7 Å². The van der Waals surface area contributed by atoms with Crippen LogP contribution in [-0.2, 0) is 5.41 Å².